The van der Waals surface area contributed by atoms with Gasteiger partial charge in [-0.05, 0) is 38.6 Å². The highest BCUT2D eigenvalue weighted by atomic mass is 16.5. The van der Waals surface area contributed by atoms with Crippen molar-refractivity contribution in [3.63, 3.8) is 0 Å². The zero-order valence-corrected chi connectivity index (χ0v) is 15.2. The van der Waals surface area contributed by atoms with Gasteiger partial charge >= 0.3 is 0 Å². The summed E-state index contributed by atoms with van der Waals surface area (Å²) in [5.41, 5.74) is 0. The first-order chi connectivity index (χ1) is 12.3. The topological polar surface area (TPSA) is 60.0 Å². The van der Waals surface area contributed by atoms with Crippen molar-refractivity contribution in [2.75, 3.05) is 6.54 Å². The minimum Gasteiger partial charge on any atom is -0.339 e. The highest BCUT2D eigenvalue weighted by Gasteiger charge is 2.26. The predicted molar refractivity (Wildman–Crippen MR) is 95.1 cm³/mol. The van der Waals surface area contributed by atoms with Gasteiger partial charge in [-0.25, -0.2) is 4.98 Å². The van der Waals surface area contributed by atoms with Crippen molar-refractivity contribution in [2.45, 2.75) is 76.3 Å². The summed E-state index contributed by atoms with van der Waals surface area (Å²) in [5.74, 6) is 3.41. The van der Waals surface area contributed by atoms with E-state index in [-0.39, 0.29) is 0 Å². The number of nitrogens with zero attached hydrogens (tertiary/aromatic N) is 5. The third-order valence-electron chi connectivity index (χ3n) is 5.90. The predicted octanol–water partition coefficient (Wildman–Crippen LogP) is 3.45. The lowest BCUT2D eigenvalue weighted by molar-refractivity contribution is 0.127. The lowest BCUT2D eigenvalue weighted by Crippen LogP contribution is -2.39. The van der Waals surface area contributed by atoms with Crippen molar-refractivity contribution in [1.82, 2.24) is 24.6 Å². The Labute approximate surface area is 149 Å². The van der Waals surface area contributed by atoms with Crippen molar-refractivity contribution >= 4 is 0 Å². The number of hydrogen-bond donors (Lipinski definition) is 0. The van der Waals surface area contributed by atoms with E-state index in [0.29, 0.717) is 12.0 Å². The molecule has 3 heterocycles. The maximum atomic E-state index is 5.56. The van der Waals surface area contributed by atoms with Crippen LogP contribution in [0.1, 0.15) is 74.8 Å². The van der Waals surface area contributed by atoms with E-state index in [0.717, 1.165) is 37.6 Å². The normalized spacial score (nSPS) is 22.7. The molecule has 6 heteroatoms. The van der Waals surface area contributed by atoms with E-state index >= 15 is 0 Å². The van der Waals surface area contributed by atoms with Gasteiger partial charge in [0, 0.05) is 37.8 Å². The van der Waals surface area contributed by atoms with E-state index in [1.165, 1.54) is 50.8 Å². The van der Waals surface area contributed by atoms with Gasteiger partial charge in [-0.15, -0.1) is 0 Å². The zero-order valence-electron chi connectivity index (χ0n) is 15.2. The van der Waals surface area contributed by atoms with Crippen LogP contribution in [0, 0.1) is 0 Å². The van der Waals surface area contributed by atoms with Gasteiger partial charge < -0.3 is 9.09 Å². The fourth-order valence-corrected chi connectivity index (χ4v) is 4.38. The molecular formula is C19H29N5O. The number of imidazole rings is 1. The first-order valence-corrected chi connectivity index (χ1v) is 9.82. The molecule has 2 aromatic heterocycles. The van der Waals surface area contributed by atoms with Crippen LogP contribution in [-0.2, 0) is 20.0 Å². The van der Waals surface area contributed by atoms with Crippen LogP contribution in [-0.4, -0.2) is 37.2 Å². The Morgan fingerprint density at radius 1 is 1.16 bits per heavy atom. The van der Waals surface area contributed by atoms with E-state index in [4.69, 9.17) is 9.51 Å². The Balaban J connectivity index is 1.36. The number of hydrogen-bond acceptors (Lipinski definition) is 5. The Morgan fingerprint density at radius 3 is 2.80 bits per heavy atom. The van der Waals surface area contributed by atoms with Crippen LogP contribution in [0.5, 0.6) is 0 Å². The van der Waals surface area contributed by atoms with Crippen LogP contribution in [0.15, 0.2) is 16.9 Å². The van der Waals surface area contributed by atoms with E-state index in [1.54, 1.807) is 0 Å². The van der Waals surface area contributed by atoms with Crippen molar-refractivity contribution in [3.05, 3.63) is 29.9 Å². The number of aromatic nitrogens is 4. The molecular weight excluding hydrogens is 314 g/mol. The fraction of sp³-hybridized carbons (Fsp3) is 0.737. The van der Waals surface area contributed by atoms with Crippen molar-refractivity contribution in [2.24, 2.45) is 7.05 Å². The van der Waals surface area contributed by atoms with Crippen molar-refractivity contribution < 1.29 is 4.52 Å². The molecule has 1 aliphatic heterocycles. The SMILES string of the molecule is Cn1ccnc1CC[C@H]1CCCCN1Cc1noc(C2CCCC2)n1. The second-order valence-electron chi connectivity index (χ2n) is 7.64. The van der Waals surface area contributed by atoms with Crippen LogP contribution in [0.25, 0.3) is 0 Å². The molecule has 0 amide bonds. The van der Waals surface area contributed by atoms with Crippen LogP contribution in [0.4, 0.5) is 0 Å². The standard InChI is InChI=1S/C19H29N5O/c1-23-13-11-20-18(23)10-9-16-8-4-5-12-24(16)14-17-21-19(25-22-17)15-6-2-3-7-15/h11,13,15-16H,2-10,12,14H2,1H3/t16-/m1/s1. The summed E-state index contributed by atoms with van der Waals surface area (Å²) in [5, 5.41) is 4.27. The Bertz CT molecular complexity index is 673. The molecule has 4 rings (SSSR count). The van der Waals surface area contributed by atoms with Gasteiger partial charge in [0.2, 0.25) is 5.89 Å². The van der Waals surface area contributed by atoms with E-state index in [9.17, 15) is 0 Å². The van der Waals surface area contributed by atoms with Gasteiger partial charge in [-0.3, -0.25) is 4.90 Å². The van der Waals surface area contributed by atoms with Gasteiger partial charge in [0.15, 0.2) is 5.82 Å². The second kappa shape index (κ2) is 7.68. The number of piperidine rings is 1. The first kappa shape index (κ1) is 16.8. The molecule has 2 fully saturated rings. The largest absolute Gasteiger partial charge is 0.339 e. The molecule has 1 atom stereocenters. The minimum atomic E-state index is 0.502. The Morgan fingerprint density at radius 2 is 2.00 bits per heavy atom. The summed E-state index contributed by atoms with van der Waals surface area (Å²) in [7, 11) is 2.07. The molecule has 2 aromatic rings. The molecule has 0 bridgehead atoms. The molecule has 6 nitrogen and oxygen atoms in total. The third-order valence-corrected chi connectivity index (χ3v) is 5.90. The summed E-state index contributed by atoms with van der Waals surface area (Å²) in [6.07, 6.45) is 15.0. The monoisotopic (exact) mass is 343 g/mol. The van der Waals surface area contributed by atoms with Gasteiger partial charge in [-0.1, -0.05) is 24.4 Å². The van der Waals surface area contributed by atoms with Crippen LogP contribution in [0.3, 0.4) is 0 Å². The van der Waals surface area contributed by atoms with Gasteiger partial charge in [0.1, 0.15) is 5.82 Å². The summed E-state index contributed by atoms with van der Waals surface area (Å²) >= 11 is 0. The van der Waals surface area contributed by atoms with E-state index in [2.05, 4.69) is 26.7 Å². The maximum absolute atomic E-state index is 5.56. The number of aryl methyl sites for hydroxylation is 2. The quantitative estimate of drug-likeness (QED) is 0.804. The zero-order chi connectivity index (χ0) is 17.1. The molecule has 0 N–H and O–H groups in total. The molecule has 1 saturated carbocycles. The highest BCUT2D eigenvalue weighted by Crippen LogP contribution is 2.33. The lowest BCUT2D eigenvalue weighted by Gasteiger charge is -2.34. The first-order valence-electron chi connectivity index (χ1n) is 9.82. The molecule has 0 spiro atoms. The Kier molecular flexibility index (Phi) is 5.15. The van der Waals surface area contributed by atoms with Crippen molar-refractivity contribution in [1.29, 1.82) is 0 Å². The van der Waals surface area contributed by atoms with Crippen LogP contribution in [0.2, 0.25) is 0 Å². The van der Waals surface area contributed by atoms with Crippen LogP contribution >= 0.6 is 0 Å². The van der Waals surface area contributed by atoms with Gasteiger partial charge in [0.25, 0.3) is 0 Å². The van der Waals surface area contributed by atoms with Crippen LogP contribution < -0.4 is 0 Å². The highest BCUT2D eigenvalue weighted by molar-refractivity contribution is 4.98. The van der Waals surface area contributed by atoms with Gasteiger partial charge in [0.05, 0.1) is 6.54 Å². The average Bonchev–Trinajstić information content (AvgIpc) is 3.36. The second-order valence-corrected chi connectivity index (χ2v) is 7.64. The summed E-state index contributed by atoms with van der Waals surface area (Å²) in [4.78, 5) is 11.7. The summed E-state index contributed by atoms with van der Waals surface area (Å²) in [6, 6.07) is 0.596. The average molecular weight is 343 g/mol. The Hall–Kier alpha value is -1.69. The molecule has 0 unspecified atom stereocenters. The molecule has 1 aliphatic carbocycles. The van der Waals surface area contributed by atoms with Crippen molar-refractivity contribution in [3.8, 4) is 0 Å². The molecule has 0 radical (unpaired) electrons. The molecule has 136 valence electrons. The fourth-order valence-electron chi connectivity index (χ4n) is 4.38. The molecule has 2 aliphatic rings. The van der Waals surface area contributed by atoms with E-state index in [1.807, 2.05) is 12.4 Å². The van der Waals surface area contributed by atoms with E-state index < -0.39 is 0 Å². The lowest BCUT2D eigenvalue weighted by atomic mass is 9.97. The molecule has 25 heavy (non-hydrogen) atoms. The number of rotatable bonds is 6. The maximum Gasteiger partial charge on any atom is 0.229 e. The third kappa shape index (κ3) is 3.94. The minimum absolute atomic E-state index is 0.502. The smallest absolute Gasteiger partial charge is 0.229 e. The van der Waals surface area contributed by atoms with Gasteiger partial charge in [-0.2, -0.15) is 4.98 Å². The molecule has 1 saturated heterocycles. The summed E-state index contributed by atoms with van der Waals surface area (Å²) in [6.45, 7) is 1.96. The summed E-state index contributed by atoms with van der Waals surface area (Å²) < 4.78 is 7.68. The molecule has 0 aromatic carbocycles. The number of likely N-dealkylation sites (tertiary alicyclic amines) is 1.